The Morgan fingerprint density at radius 3 is 2.63 bits per heavy atom. The van der Waals surface area contributed by atoms with Crippen molar-refractivity contribution in [2.24, 2.45) is 0 Å². The van der Waals surface area contributed by atoms with Gasteiger partial charge in [-0.25, -0.2) is 0 Å². The summed E-state index contributed by atoms with van der Waals surface area (Å²) in [6.45, 7) is 0.600. The van der Waals surface area contributed by atoms with Crippen LogP contribution in [0.25, 0.3) is 0 Å². The van der Waals surface area contributed by atoms with Crippen LogP contribution in [0, 0.1) is 3.57 Å². The van der Waals surface area contributed by atoms with E-state index in [2.05, 4.69) is 46.9 Å². The highest BCUT2D eigenvalue weighted by molar-refractivity contribution is 14.1. The topological polar surface area (TPSA) is 20.3 Å². The van der Waals surface area contributed by atoms with Gasteiger partial charge < -0.3 is 4.90 Å². The monoisotopic (exact) mass is 383 g/mol. The minimum atomic E-state index is 0.135. The van der Waals surface area contributed by atoms with Crippen LogP contribution in [0.5, 0.6) is 0 Å². The summed E-state index contributed by atoms with van der Waals surface area (Å²) >= 11 is 8.29. The number of fused-ring (bicyclic) bond motifs is 1. The molecule has 1 heterocycles. The van der Waals surface area contributed by atoms with E-state index in [1.165, 1.54) is 3.57 Å². The molecule has 3 rings (SSSR count). The predicted octanol–water partition coefficient (Wildman–Crippen LogP) is 4.03. The molecule has 0 atom stereocenters. The Morgan fingerprint density at radius 2 is 1.89 bits per heavy atom. The van der Waals surface area contributed by atoms with E-state index in [1.54, 1.807) is 0 Å². The minimum Gasteiger partial charge on any atom is -0.307 e. The molecule has 19 heavy (non-hydrogen) atoms. The zero-order chi connectivity index (χ0) is 13.4. The lowest BCUT2D eigenvalue weighted by molar-refractivity contribution is -0.117. The number of amides is 1. The lowest BCUT2D eigenvalue weighted by atomic mass is 10.1. The van der Waals surface area contributed by atoms with Crippen LogP contribution in [-0.2, 0) is 17.8 Å². The number of hydrogen-bond donors (Lipinski definition) is 0. The van der Waals surface area contributed by atoms with Gasteiger partial charge in [-0.15, -0.1) is 0 Å². The zero-order valence-corrected chi connectivity index (χ0v) is 13.0. The molecule has 0 saturated carbocycles. The quantitative estimate of drug-likeness (QED) is 0.717. The summed E-state index contributed by atoms with van der Waals surface area (Å²) in [5.74, 6) is 0.135. The van der Waals surface area contributed by atoms with Crippen molar-refractivity contribution < 1.29 is 4.79 Å². The zero-order valence-electron chi connectivity index (χ0n) is 10.1. The summed E-state index contributed by atoms with van der Waals surface area (Å²) in [4.78, 5) is 13.9. The molecule has 1 aliphatic rings. The molecule has 0 aliphatic carbocycles. The Hall–Kier alpha value is -1.07. The predicted molar refractivity (Wildman–Crippen MR) is 85.5 cm³/mol. The number of hydrogen-bond acceptors (Lipinski definition) is 1. The number of nitrogens with zero attached hydrogens (tertiary/aromatic N) is 1. The maximum atomic E-state index is 12.1. The molecular formula is C15H11ClINO. The van der Waals surface area contributed by atoms with Crippen LogP contribution in [0.4, 0.5) is 5.69 Å². The summed E-state index contributed by atoms with van der Waals surface area (Å²) in [7, 11) is 0. The standard InChI is InChI=1S/C15H11ClINO/c16-12-4-3-11-7-15(19)18(14(11)8-12)9-10-1-5-13(17)6-2-10/h1-6,8H,7,9H2. The summed E-state index contributed by atoms with van der Waals surface area (Å²) < 4.78 is 1.19. The summed E-state index contributed by atoms with van der Waals surface area (Å²) in [5, 5.41) is 0.668. The molecule has 2 aromatic rings. The maximum absolute atomic E-state index is 12.1. The molecule has 96 valence electrons. The van der Waals surface area contributed by atoms with Gasteiger partial charge in [0.2, 0.25) is 5.91 Å². The second-order valence-electron chi connectivity index (χ2n) is 4.56. The summed E-state index contributed by atoms with van der Waals surface area (Å²) in [5.41, 5.74) is 3.12. The van der Waals surface area contributed by atoms with Crippen LogP contribution in [0.15, 0.2) is 42.5 Å². The van der Waals surface area contributed by atoms with Crippen LogP contribution < -0.4 is 4.90 Å². The molecule has 2 aromatic carbocycles. The largest absolute Gasteiger partial charge is 0.307 e. The van der Waals surface area contributed by atoms with Crippen LogP contribution >= 0.6 is 34.2 Å². The van der Waals surface area contributed by atoms with Crippen molar-refractivity contribution >= 4 is 45.8 Å². The Kier molecular flexibility index (Phi) is 3.50. The first-order valence-corrected chi connectivity index (χ1v) is 7.42. The highest BCUT2D eigenvalue weighted by Crippen LogP contribution is 2.32. The van der Waals surface area contributed by atoms with Gasteiger partial charge in [0.05, 0.1) is 13.0 Å². The Labute approximate surface area is 130 Å². The maximum Gasteiger partial charge on any atom is 0.231 e. The first kappa shape index (κ1) is 12.9. The van der Waals surface area contributed by atoms with Crippen molar-refractivity contribution in [1.29, 1.82) is 0 Å². The van der Waals surface area contributed by atoms with Crippen molar-refractivity contribution in [3.63, 3.8) is 0 Å². The van der Waals surface area contributed by atoms with E-state index in [0.717, 1.165) is 16.8 Å². The number of halogens is 2. The van der Waals surface area contributed by atoms with Crippen molar-refractivity contribution in [1.82, 2.24) is 0 Å². The highest BCUT2D eigenvalue weighted by Gasteiger charge is 2.27. The second kappa shape index (κ2) is 5.13. The Balaban J connectivity index is 1.91. The van der Waals surface area contributed by atoms with Gasteiger partial charge in [-0.1, -0.05) is 29.8 Å². The van der Waals surface area contributed by atoms with E-state index < -0.39 is 0 Å². The second-order valence-corrected chi connectivity index (χ2v) is 6.24. The van der Waals surface area contributed by atoms with Crippen molar-refractivity contribution in [3.05, 3.63) is 62.2 Å². The average molecular weight is 384 g/mol. The third-order valence-electron chi connectivity index (χ3n) is 3.23. The van der Waals surface area contributed by atoms with Gasteiger partial charge in [-0.2, -0.15) is 0 Å². The lowest BCUT2D eigenvalue weighted by Gasteiger charge is -2.17. The summed E-state index contributed by atoms with van der Waals surface area (Å²) in [6.07, 6.45) is 0.469. The molecular weight excluding hydrogens is 373 g/mol. The third kappa shape index (κ3) is 2.62. The van der Waals surface area contributed by atoms with E-state index in [9.17, 15) is 4.79 Å². The fraction of sp³-hybridized carbons (Fsp3) is 0.133. The first-order chi connectivity index (χ1) is 9.13. The van der Waals surface area contributed by atoms with Gasteiger partial charge in [0.15, 0.2) is 0 Å². The number of benzene rings is 2. The molecule has 0 saturated heterocycles. The summed E-state index contributed by atoms with van der Waals surface area (Å²) in [6, 6.07) is 13.8. The average Bonchev–Trinajstić information content (AvgIpc) is 2.69. The fourth-order valence-electron chi connectivity index (χ4n) is 2.28. The molecule has 1 aliphatic heterocycles. The molecule has 0 spiro atoms. The van der Waals surface area contributed by atoms with Crippen molar-refractivity contribution in [2.45, 2.75) is 13.0 Å². The van der Waals surface area contributed by atoms with Crippen LogP contribution in [0.2, 0.25) is 5.02 Å². The van der Waals surface area contributed by atoms with E-state index in [4.69, 9.17) is 11.6 Å². The fourth-order valence-corrected chi connectivity index (χ4v) is 2.80. The molecule has 0 fully saturated rings. The third-order valence-corrected chi connectivity index (χ3v) is 4.19. The van der Waals surface area contributed by atoms with E-state index in [0.29, 0.717) is 18.0 Å². The molecule has 1 amide bonds. The number of anilines is 1. The Morgan fingerprint density at radius 1 is 1.16 bits per heavy atom. The molecule has 2 nitrogen and oxygen atoms in total. The number of carbonyl (C=O) groups is 1. The van der Waals surface area contributed by atoms with Gasteiger partial charge >= 0.3 is 0 Å². The van der Waals surface area contributed by atoms with Crippen molar-refractivity contribution in [3.8, 4) is 0 Å². The van der Waals surface area contributed by atoms with Crippen LogP contribution in [0.3, 0.4) is 0 Å². The first-order valence-electron chi connectivity index (χ1n) is 5.97. The van der Waals surface area contributed by atoms with E-state index >= 15 is 0 Å². The number of carbonyl (C=O) groups excluding carboxylic acids is 1. The molecule has 0 aromatic heterocycles. The van der Waals surface area contributed by atoms with Gasteiger partial charge in [0.25, 0.3) is 0 Å². The van der Waals surface area contributed by atoms with Crippen LogP contribution in [-0.4, -0.2) is 5.91 Å². The van der Waals surface area contributed by atoms with Crippen LogP contribution in [0.1, 0.15) is 11.1 Å². The molecule has 0 unspecified atom stereocenters. The SMILES string of the molecule is O=C1Cc2ccc(Cl)cc2N1Cc1ccc(I)cc1. The van der Waals surface area contributed by atoms with E-state index in [-0.39, 0.29) is 5.91 Å². The highest BCUT2D eigenvalue weighted by atomic mass is 127. The normalized spacial score (nSPS) is 13.8. The van der Waals surface area contributed by atoms with Crippen molar-refractivity contribution in [2.75, 3.05) is 4.90 Å². The van der Waals surface area contributed by atoms with Gasteiger partial charge in [-0.3, -0.25) is 4.79 Å². The molecule has 0 radical (unpaired) electrons. The van der Waals surface area contributed by atoms with E-state index in [1.807, 2.05) is 23.1 Å². The lowest BCUT2D eigenvalue weighted by Crippen LogP contribution is -2.25. The molecule has 0 bridgehead atoms. The van der Waals surface area contributed by atoms with Gasteiger partial charge in [-0.05, 0) is 58.0 Å². The van der Waals surface area contributed by atoms with Gasteiger partial charge in [0, 0.05) is 14.3 Å². The smallest absolute Gasteiger partial charge is 0.231 e. The Bertz CT molecular complexity index is 639. The minimum absolute atomic E-state index is 0.135. The molecule has 0 N–H and O–H groups in total. The number of rotatable bonds is 2. The van der Waals surface area contributed by atoms with Gasteiger partial charge in [0.1, 0.15) is 0 Å². The molecule has 4 heteroatoms.